The van der Waals surface area contributed by atoms with E-state index in [4.69, 9.17) is 0 Å². The molecule has 2 heterocycles. The fourth-order valence-corrected chi connectivity index (χ4v) is 3.89. The summed E-state index contributed by atoms with van der Waals surface area (Å²) in [5, 5.41) is 4.05. The van der Waals surface area contributed by atoms with Crippen LogP contribution in [0, 0.1) is 6.92 Å². The molecule has 0 aliphatic heterocycles. The summed E-state index contributed by atoms with van der Waals surface area (Å²) in [6.45, 7) is 3.76. The van der Waals surface area contributed by atoms with E-state index in [0.717, 1.165) is 29.4 Å². The van der Waals surface area contributed by atoms with Gasteiger partial charge < -0.3 is 5.32 Å². The first kappa shape index (κ1) is 15.9. The Balaban J connectivity index is 1.87. The smallest absolute Gasteiger partial charge is 0.273 e. The van der Waals surface area contributed by atoms with Gasteiger partial charge in [-0.15, -0.1) is 0 Å². The Morgan fingerprint density at radius 2 is 2.00 bits per heavy atom. The normalized spacial score (nSPS) is 16.6. The van der Waals surface area contributed by atoms with Crippen molar-refractivity contribution in [2.75, 3.05) is 0 Å². The van der Waals surface area contributed by atoms with Gasteiger partial charge in [0.15, 0.2) is 5.65 Å². The van der Waals surface area contributed by atoms with E-state index in [9.17, 15) is 9.59 Å². The zero-order valence-corrected chi connectivity index (χ0v) is 14.5. The Hall–Kier alpha value is -2.63. The summed E-state index contributed by atoms with van der Waals surface area (Å²) in [6.07, 6.45) is 4.47. The van der Waals surface area contributed by atoms with Gasteiger partial charge in [0.05, 0.1) is 5.52 Å². The Morgan fingerprint density at radius 3 is 2.76 bits per heavy atom. The van der Waals surface area contributed by atoms with Crippen LogP contribution >= 0.6 is 0 Å². The Morgan fingerprint density at radius 1 is 1.28 bits per heavy atom. The summed E-state index contributed by atoms with van der Waals surface area (Å²) in [5.41, 5.74) is 2.01. The van der Waals surface area contributed by atoms with Crippen LogP contribution in [0.4, 0.5) is 0 Å². The summed E-state index contributed by atoms with van der Waals surface area (Å²) >= 11 is 0. The van der Waals surface area contributed by atoms with Gasteiger partial charge in [0.25, 0.3) is 5.56 Å². The molecular weight excluding hydrogens is 316 g/mol. The fourth-order valence-electron chi connectivity index (χ4n) is 3.89. The van der Waals surface area contributed by atoms with E-state index in [-0.39, 0.29) is 17.5 Å². The number of rotatable bonds is 3. The summed E-state index contributed by atoms with van der Waals surface area (Å²) in [5.74, 6) is 0.00709. The number of aromatic nitrogens is 3. The number of carbonyl (C=O) groups excluding carboxylic acids is 1. The highest BCUT2D eigenvalue weighted by Crippen LogP contribution is 2.25. The maximum Gasteiger partial charge on any atom is 0.273 e. The van der Waals surface area contributed by atoms with Gasteiger partial charge in [-0.2, -0.15) is 4.98 Å². The van der Waals surface area contributed by atoms with Crippen molar-refractivity contribution in [3.8, 4) is 0 Å². The van der Waals surface area contributed by atoms with E-state index in [1.807, 2.05) is 47.3 Å². The molecule has 0 spiro atoms. The van der Waals surface area contributed by atoms with Gasteiger partial charge in [0.2, 0.25) is 5.91 Å². The topological polar surface area (TPSA) is 68.4 Å². The largest absolute Gasteiger partial charge is 0.352 e. The molecule has 25 heavy (non-hydrogen) atoms. The molecule has 1 amide bonds. The summed E-state index contributed by atoms with van der Waals surface area (Å²) in [6, 6.07) is 9.15. The summed E-state index contributed by atoms with van der Waals surface area (Å²) < 4.78 is 3.82. The van der Waals surface area contributed by atoms with E-state index < -0.39 is 6.04 Å². The van der Waals surface area contributed by atoms with Gasteiger partial charge >= 0.3 is 0 Å². The van der Waals surface area contributed by atoms with Crippen LogP contribution in [-0.2, 0) is 4.79 Å². The number of aryl methyl sites for hydroxylation is 1. The lowest BCUT2D eigenvalue weighted by molar-refractivity contribution is -0.124. The first-order valence-electron chi connectivity index (χ1n) is 8.86. The first-order chi connectivity index (χ1) is 12.1. The van der Waals surface area contributed by atoms with Crippen LogP contribution in [0.3, 0.4) is 0 Å². The molecule has 1 unspecified atom stereocenters. The van der Waals surface area contributed by atoms with Crippen LogP contribution in [0.5, 0.6) is 0 Å². The number of nitrogens with zero attached hydrogens (tertiary/aromatic N) is 3. The van der Waals surface area contributed by atoms with Gasteiger partial charge in [0, 0.05) is 23.2 Å². The number of hydrogen-bond donors (Lipinski definition) is 1. The lowest BCUT2D eigenvalue weighted by Gasteiger charge is -2.20. The predicted molar refractivity (Wildman–Crippen MR) is 96.8 cm³/mol. The molecule has 4 rings (SSSR count). The van der Waals surface area contributed by atoms with E-state index in [1.54, 1.807) is 0 Å². The number of carbonyl (C=O) groups is 1. The predicted octanol–water partition coefficient (Wildman–Crippen LogP) is 2.58. The minimum Gasteiger partial charge on any atom is -0.352 e. The molecule has 3 aromatic rings. The molecule has 1 N–H and O–H groups in total. The maximum atomic E-state index is 12.8. The van der Waals surface area contributed by atoms with Gasteiger partial charge in [-0.3, -0.25) is 14.3 Å². The highest BCUT2D eigenvalue weighted by Gasteiger charge is 2.25. The Kier molecular flexibility index (Phi) is 3.82. The molecule has 6 heteroatoms. The van der Waals surface area contributed by atoms with Crippen molar-refractivity contribution in [1.82, 2.24) is 19.5 Å². The molecule has 130 valence electrons. The molecule has 0 radical (unpaired) electrons. The third-order valence-corrected chi connectivity index (χ3v) is 5.14. The molecule has 1 aromatic carbocycles. The number of amides is 1. The highest BCUT2D eigenvalue weighted by atomic mass is 16.2. The zero-order chi connectivity index (χ0) is 17.6. The number of benzene rings is 1. The van der Waals surface area contributed by atoms with E-state index in [2.05, 4.69) is 10.3 Å². The minimum atomic E-state index is -0.397. The highest BCUT2D eigenvalue weighted by molar-refractivity contribution is 5.94. The lowest BCUT2D eigenvalue weighted by atomic mass is 10.2. The molecule has 1 atom stereocenters. The summed E-state index contributed by atoms with van der Waals surface area (Å²) in [7, 11) is 0. The fraction of sp³-hybridized carbons (Fsp3) is 0.421. The van der Waals surface area contributed by atoms with Crippen LogP contribution in [0.2, 0.25) is 0 Å². The quantitative estimate of drug-likeness (QED) is 0.798. The van der Waals surface area contributed by atoms with Crippen LogP contribution in [-0.4, -0.2) is 26.1 Å². The number of fused-ring (bicyclic) bond motifs is 3. The second-order valence-electron chi connectivity index (χ2n) is 6.90. The molecule has 1 saturated carbocycles. The minimum absolute atomic E-state index is 0.00709. The van der Waals surface area contributed by atoms with Crippen molar-refractivity contribution in [2.45, 2.75) is 51.6 Å². The van der Waals surface area contributed by atoms with Crippen LogP contribution in [0.1, 0.15) is 44.3 Å². The molecule has 0 bridgehead atoms. The summed E-state index contributed by atoms with van der Waals surface area (Å²) in [4.78, 5) is 28.9. The second-order valence-corrected chi connectivity index (χ2v) is 6.90. The van der Waals surface area contributed by atoms with Crippen molar-refractivity contribution >= 4 is 22.5 Å². The lowest BCUT2D eigenvalue weighted by Crippen LogP contribution is -2.38. The van der Waals surface area contributed by atoms with Gasteiger partial charge in [-0.1, -0.05) is 25.0 Å². The molecule has 1 fully saturated rings. The number of para-hydroxylation sites is 1. The molecule has 1 aliphatic carbocycles. The first-order valence-corrected chi connectivity index (χ1v) is 8.86. The van der Waals surface area contributed by atoms with Gasteiger partial charge in [0.1, 0.15) is 6.04 Å². The standard InChI is InChI=1S/C19H22N4O2/c1-12-11-17(24)21-18-15-9-5-6-10-16(15)23(22(12)18)13(2)19(25)20-14-7-3-4-8-14/h5-6,9-11,13-14H,3-4,7-8H2,1-2H3,(H,20,25). The Bertz CT molecular complexity index is 1010. The van der Waals surface area contributed by atoms with Crippen molar-refractivity contribution in [3.05, 3.63) is 46.4 Å². The third kappa shape index (κ3) is 2.62. The van der Waals surface area contributed by atoms with Crippen molar-refractivity contribution in [2.24, 2.45) is 0 Å². The molecular formula is C19H22N4O2. The molecule has 6 nitrogen and oxygen atoms in total. The van der Waals surface area contributed by atoms with Crippen LogP contribution in [0.25, 0.3) is 16.6 Å². The number of nitrogens with one attached hydrogen (secondary N) is 1. The average molecular weight is 338 g/mol. The van der Waals surface area contributed by atoms with Crippen LogP contribution < -0.4 is 10.9 Å². The van der Waals surface area contributed by atoms with Crippen molar-refractivity contribution in [1.29, 1.82) is 0 Å². The Labute approximate surface area is 145 Å². The van der Waals surface area contributed by atoms with Gasteiger partial charge in [-0.05, 0) is 38.8 Å². The molecule has 2 aromatic heterocycles. The van der Waals surface area contributed by atoms with Crippen LogP contribution in [0.15, 0.2) is 35.1 Å². The number of hydrogen-bond acceptors (Lipinski definition) is 3. The third-order valence-electron chi connectivity index (χ3n) is 5.14. The average Bonchev–Trinajstić information content (AvgIpc) is 3.20. The molecule has 0 saturated heterocycles. The molecule has 1 aliphatic rings. The van der Waals surface area contributed by atoms with Crippen molar-refractivity contribution < 1.29 is 4.79 Å². The van der Waals surface area contributed by atoms with E-state index in [0.29, 0.717) is 5.65 Å². The SMILES string of the molecule is Cc1cc(=O)nc2c3ccccc3n(C(C)C(=O)NC3CCCC3)n12. The van der Waals surface area contributed by atoms with E-state index in [1.165, 1.54) is 18.9 Å². The van der Waals surface area contributed by atoms with E-state index >= 15 is 0 Å². The monoisotopic (exact) mass is 338 g/mol. The zero-order valence-electron chi connectivity index (χ0n) is 14.5. The second kappa shape index (κ2) is 6.02. The van der Waals surface area contributed by atoms with Gasteiger partial charge in [-0.25, -0.2) is 4.52 Å². The van der Waals surface area contributed by atoms with Crippen molar-refractivity contribution in [3.63, 3.8) is 0 Å². The maximum absolute atomic E-state index is 12.8.